The van der Waals surface area contributed by atoms with Crippen LogP contribution in [0.15, 0.2) is 72.8 Å². The highest BCUT2D eigenvalue weighted by Gasteiger charge is 2.23. The number of hydrogen-bond donors (Lipinski definition) is 1. The summed E-state index contributed by atoms with van der Waals surface area (Å²) in [6.45, 7) is 2.90. The third-order valence-corrected chi connectivity index (χ3v) is 6.04. The third-order valence-electron chi connectivity index (χ3n) is 6.04. The maximum Gasteiger partial charge on any atom is 0.338 e. The Morgan fingerprint density at radius 2 is 1.71 bits per heavy atom. The van der Waals surface area contributed by atoms with Crippen molar-refractivity contribution < 1.29 is 19.1 Å². The summed E-state index contributed by atoms with van der Waals surface area (Å²) >= 11 is 0. The van der Waals surface area contributed by atoms with Gasteiger partial charge in [-0.2, -0.15) is 0 Å². The van der Waals surface area contributed by atoms with Crippen molar-refractivity contribution >= 4 is 40.0 Å². The van der Waals surface area contributed by atoms with Gasteiger partial charge in [-0.1, -0.05) is 0 Å². The molecule has 1 amide bonds. The smallest absolute Gasteiger partial charge is 0.338 e. The van der Waals surface area contributed by atoms with E-state index in [2.05, 4.69) is 16.3 Å². The minimum Gasteiger partial charge on any atom is -0.497 e. The summed E-state index contributed by atoms with van der Waals surface area (Å²) in [6.07, 6.45) is 0.911. The minimum atomic E-state index is -0.383. The molecule has 0 atom stereocenters. The first-order chi connectivity index (χ1) is 17.1. The monoisotopic (exact) mass is 467 g/mol. The third kappa shape index (κ3) is 4.53. The molecule has 1 N–H and O–H groups in total. The average Bonchev–Trinajstić information content (AvgIpc) is 3.30. The van der Waals surface area contributed by atoms with Crippen molar-refractivity contribution in [2.75, 3.05) is 30.5 Å². The molecule has 7 heteroatoms. The average molecular weight is 468 g/mol. The summed E-state index contributed by atoms with van der Waals surface area (Å²) in [5.41, 5.74) is 4.66. The molecule has 7 nitrogen and oxygen atoms in total. The molecule has 1 aromatic heterocycles. The summed E-state index contributed by atoms with van der Waals surface area (Å²) < 4.78 is 10.3. The molecule has 35 heavy (non-hydrogen) atoms. The highest BCUT2D eigenvalue weighted by molar-refractivity contribution is 6.04. The molecule has 2 heterocycles. The lowest BCUT2D eigenvalue weighted by molar-refractivity contribution is 0.0526. The van der Waals surface area contributed by atoms with Gasteiger partial charge in [0.1, 0.15) is 11.6 Å². The van der Waals surface area contributed by atoms with Crippen LogP contribution in [0.4, 0.5) is 17.2 Å². The van der Waals surface area contributed by atoms with Crippen LogP contribution in [0, 0.1) is 0 Å². The zero-order valence-electron chi connectivity index (χ0n) is 19.6. The number of carbonyl (C=O) groups excluding carboxylic acids is 2. The maximum absolute atomic E-state index is 12.7. The number of nitrogens with zero attached hydrogens (tertiary/aromatic N) is 2. The molecule has 0 unspecified atom stereocenters. The molecule has 0 spiro atoms. The van der Waals surface area contributed by atoms with Crippen LogP contribution in [0.25, 0.3) is 10.9 Å². The first kappa shape index (κ1) is 22.4. The number of fused-ring (bicyclic) bond motifs is 2. The minimum absolute atomic E-state index is 0.224. The van der Waals surface area contributed by atoms with Gasteiger partial charge in [-0.3, -0.25) is 4.79 Å². The van der Waals surface area contributed by atoms with Crippen molar-refractivity contribution in [1.82, 2.24) is 4.98 Å². The molecule has 5 rings (SSSR count). The zero-order chi connectivity index (χ0) is 24.4. The number of esters is 1. The lowest BCUT2D eigenvalue weighted by atomic mass is 10.1. The van der Waals surface area contributed by atoms with Crippen molar-refractivity contribution in [2.24, 2.45) is 0 Å². The van der Waals surface area contributed by atoms with E-state index < -0.39 is 0 Å². The fourth-order valence-corrected chi connectivity index (χ4v) is 4.21. The topological polar surface area (TPSA) is 80.8 Å². The molecule has 0 fully saturated rings. The van der Waals surface area contributed by atoms with Gasteiger partial charge >= 0.3 is 5.97 Å². The molecule has 0 bridgehead atoms. The van der Waals surface area contributed by atoms with E-state index in [-0.39, 0.29) is 11.9 Å². The van der Waals surface area contributed by atoms with E-state index in [0.717, 1.165) is 41.1 Å². The van der Waals surface area contributed by atoms with Crippen LogP contribution in [-0.2, 0) is 11.2 Å². The Morgan fingerprint density at radius 1 is 0.971 bits per heavy atom. The number of carbonyl (C=O) groups is 2. The van der Waals surface area contributed by atoms with E-state index in [1.807, 2.05) is 30.3 Å². The Balaban J connectivity index is 1.31. The second-order valence-corrected chi connectivity index (χ2v) is 8.23. The maximum atomic E-state index is 12.7. The summed E-state index contributed by atoms with van der Waals surface area (Å²) in [7, 11) is 1.65. The van der Waals surface area contributed by atoms with Crippen molar-refractivity contribution in [3.63, 3.8) is 0 Å². The summed E-state index contributed by atoms with van der Waals surface area (Å²) in [4.78, 5) is 31.6. The lowest BCUT2D eigenvalue weighted by Crippen LogP contribution is -2.15. The molecule has 176 valence electrons. The SMILES string of the molecule is CCOC(=O)c1ccc(NC(=O)c2ccc(N3CCc4cc5ccc(OC)cc5nc43)cc2)cc1. The van der Waals surface area contributed by atoms with Crippen molar-refractivity contribution in [3.05, 3.63) is 89.5 Å². The molecule has 3 aromatic carbocycles. The summed E-state index contributed by atoms with van der Waals surface area (Å²) in [5.74, 6) is 1.11. The van der Waals surface area contributed by atoms with Gasteiger partial charge in [0.15, 0.2) is 0 Å². The number of ether oxygens (including phenoxy) is 2. The number of amides is 1. The van der Waals surface area contributed by atoms with Gasteiger partial charge in [-0.05, 0) is 85.6 Å². The molecule has 1 aliphatic heterocycles. The van der Waals surface area contributed by atoms with E-state index in [0.29, 0.717) is 23.4 Å². The Bertz CT molecular complexity index is 1400. The molecule has 0 saturated carbocycles. The van der Waals surface area contributed by atoms with Crippen molar-refractivity contribution in [2.45, 2.75) is 13.3 Å². The lowest BCUT2D eigenvalue weighted by Gasteiger charge is -2.19. The second-order valence-electron chi connectivity index (χ2n) is 8.23. The molecule has 0 radical (unpaired) electrons. The standard InChI is InChI=1S/C28H25N3O4/c1-3-35-28(33)19-4-9-22(10-5-19)29-27(32)18-6-11-23(12-7-18)31-15-14-21-16-20-8-13-24(34-2)17-25(20)30-26(21)31/h4-13,16-17H,3,14-15H2,1-2H3,(H,29,32). The first-order valence-electron chi connectivity index (χ1n) is 11.5. The van der Waals surface area contributed by atoms with Crippen LogP contribution in [0.2, 0.25) is 0 Å². The molecule has 4 aromatic rings. The quantitative estimate of drug-likeness (QED) is 0.384. The number of nitrogens with one attached hydrogen (secondary N) is 1. The Hall–Kier alpha value is -4.39. The number of anilines is 3. The normalized spacial score (nSPS) is 12.3. The van der Waals surface area contributed by atoms with Crippen molar-refractivity contribution in [3.8, 4) is 5.75 Å². The van der Waals surface area contributed by atoms with Crippen LogP contribution in [0.3, 0.4) is 0 Å². The van der Waals surface area contributed by atoms with Gasteiger partial charge in [0.25, 0.3) is 5.91 Å². The Labute approximate surface area is 203 Å². The number of benzene rings is 3. The molecular formula is C28H25N3O4. The van der Waals surface area contributed by atoms with E-state index in [1.54, 1.807) is 50.4 Å². The van der Waals surface area contributed by atoms with E-state index in [4.69, 9.17) is 14.5 Å². The van der Waals surface area contributed by atoms with Crippen molar-refractivity contribution in [1.29, 1.82) is 0 Å². The van der Waals surface area contributed by atoms with Gasteiger partial charge in [0.2, 0.25) is 0 Å². The first-order valence-corrected chi connectivity index (χ1v) is 11.5. The highest BCUT2D eigenvalue weighted by atomic mass is 16.5. The Morgan fingerprint density at radius 3 is 2.43 bits per heavy atom. The predicted octanol–water partition coefficient (Wildman–Crippen LogP) is 5.37. The largest absolute Gasteiger partial charge is 0.497 e. The van der Waals surface area contributed by atoms with Gasteiger partial charge in [0, 0.05) is 34.9 Å². The fourth-order valence-electron chi connectivity index (χ4n) is 4.21. The van der Waals surface area contributed by atoms with Crippen LogP contribution in [-0.4, -0.2) is 37.1 Å². The molecule has 0 aliphatic carbocycles. The Kier molecular flexibility index (Phi) is 6.06. The predicted molar refractivity (Wildman–Crippen MR) is 136 cm³/mol. The fraction of sp³-hybridized carbons (Fsp3) is 0.179. The summed E-state index contributed by atoms with van der Waals surface area (Å²) in [6, 6.07) is 22.2. The van der Waals surface area contributed by atoms with Crippen LogP contribution in [0.5, 0.6) is 5.75 Å². The van der Waals surface area contributed by atoms with Gasteiger partial charge < -0.3 is 19.7 Å². The number of aromatic nitrogens is 1. The van der Waals surface area contributed by atoms with Crippen LogP contribution < -0.4 is 15.0 Å². The van der Waals surface area contributed by atoms with Gasteiger partial charge in [0.05, 0.1) is 24.8 Å². The van der Waals surface area contributed by atoms with Gasteiger partial charge in [-0.15, -0.1) is 0 Å². The molecular weight excluding hydrogens is 442 g/mol. The number of methoxy groups -OCH3 is 1. The van der Waals surface area contributed by atoms with Crippen LogP contribution >= 0.6 is 0 Å². The van der Waals surface area contributed by atoms with Gasteiger partial charge in [-0.25, -0.2) is 9.78 Å². The van der Waals surface area contributed by atoms with E-state index in [1.165, 1.54) is 5.56 Å². The molecule has 0 saturated heterocycles. The number of rotatable bonds is 6. The summed E-state index contributed by atoms with van der Waals surface area (Å²) in [5, 5.41) is 3.95. The van der Waals surface area contributed by atoms with Crippen LogP contribution in [0.1, 0.15) is 33.2 Å². The highest BCUT2D eigenvalue weighted by Crippen LogP contribution is 2.35. The number of pyridine rings is 1. The number of hydrogen-bond acceptors (Lipinski definition) is 6. The second kappa shape index (κ2) is 9.46. The molecule has 1 aliphatic rings. The zero-order valence-corrected chi connectivity index (χ0v) is 19.6. The van der Waals surface area contributed by atoms with E-state index in [9.17, 15) is 9.59 Å². The van der Waals surface area contributed by atoms with E-state index >= 15 is 0 Å².